The molecule has 5 nitrogen and oxygen atoms in total. The minimum Gasteiger partial charge on any atom is -0.255 e. The summed E-state index contributed by atoms with van der Waals surface area (Å²) in [6.45, 7) is 4.28. The lowest BCUT2D eigenvalue weighted by Crippen LogP contribution is -2.43. The fraction of sp³-hybridized carbons (Fsp3) is 0.750. The second-order valence-corrected chi connectivity index (χ2v) is 7.19. The molecule has 0 aromatic carbocycles. The van der Waals surface area contributed by atoms with Gasteiger partial charge in [0.05, 0.1) is 5.69 Å². The Morgan fingerprint density at radius 1 is 1.42 bits per heavy atom. The van der Waals surface area contributed by atoms with E-state index in [0.717, 1.165) is 25.7 Å². The van der Waals surface area contributed by atoms with Gasteiger partial charge in [-0.2, -0.15) is 9.40 Å². The van der Waals surface area contributed by atoms with Gasteiger partial charge in [0, 0.05) is 19.6 Å². The standard InChI is InChI=1S/C12H20ClN3O2S/c1-4-10-7-5-6-8-16(10)19(17,18)11-9(2)14-15(3)12(11)13/h10H,4-8H2,1-3H3. The molecule has 1 saturated heterocycles. The van der Waals surface area contributed by atoms with Crippen molar-refractivity contribution in [2.75, 3.05) is 6.54 Å². The summed E-state index contributed by atoms with van der Waals surface area (Å²) in [4.78, 5) is 0.164. The highest BCUT2D eigenvalue weighted by atomic mass is 35.5. The number of sulfonamides is 1. The number of hydrogen-bond acceptors (Lipinski definition) is 3. The Hall–Kier alpha value is -0.590. The lowest BCUT2D eigenvalue weighted by Gasteiger charge is -2.34. The average Bonchev–Trinajstić information content (AvgIpc) is 2.63. The maximum atomic E-state index is 12.8. The third kappa shape index (κ3) is 2.53. The van der Waals surface area contributed by atoms with Crippen LogP contribution < -0.4 is 0 Å². The summed E-state index contributed by atoms with van der Waals surface area (Å²) in [6, 6.07) is 0.0782. The van der Waals surface area contributed by atoms with Gasteiger partial charge in [0.2, 0.25) is 10.0 Å². The van der Waals surface area contributed by atoms with Crippen LogP contribution in [-0.4, -0.2) is 35.1 Å². The Kier molecular flexibility index (Phi) is 4.23. The summed E-state index contributed by atoms with van der Waals surface area (Å²) >= 11 is 6.10. The third-order valence-electron chi connectivity index (χ3n) is 3.71. The van der Waals surface area contributed by atoms with Crippen LogP contribution in [0.25, 0.3) is 0 Å². The van der Waals surface area contributed by atoms with Crippen molar-refractivity contribution in [3.8, 4) is 0 Å². The maximum absolute atomic E-state index is 12.8. The van der Waals surface area contributed by atoms with Crippen molar-refractivity contribution in [3.63, 3.8) is 0 Å². The summed E-state index contributed by atoms with van der Waals surface area (Å²) < 4.78 is 28.6. The second kappa shape index (κ2) is 5.42. The molecule has 1 unspecified atom stereocenters. The summed E-state index contributed by atoms with van der Waals surface area (Å²) in [5, 5.41) is 4.29. The van der Waals surface area contributed by atoms with Crippen LogP contribution in [0.1, 0.15) is 38.3 Å². The highest BCUT2D eigenvalue weighted by molar-refractivity contribution is 7.89. The molecule has 1 atom stereocenters. The molecule has 0 N–H and O–H groups in total. The van der Waals surface area contributed by atoms with E-state index in [1.165, 1.54) is 4.68 Å². The highest BCUT2D eigenvalue weighted by Crippen LogP contribution is 2.32. The first-order valence-electron chi connectivity index (χ1n) is 6.60. The molecule has 1 aliphatic rings. The van der Waals surface area contributed by atoms with Gasteiger partial charge in [-0.05, 0) is 26.2 Å². The van der Waals surface area contributed by atoms with E-state index in [2.05, 4.69) is 5.10 Å². The fourth-order valence-electron chi connectivity index (χ4n) is 2.72. The zero-order valence-corrected chi connectivity index (χ0v) is 13.1. The Balaban J connectivity index is 2.46. The Morgan fingerprint density at radius 2 is 2.11 bits per heavy atom. The molecule has 1 aromatic heterocycles. The molecule has 1 aliphatic heterocycles. The van der Waals surface area contributed by atoms with Crippen molar-refractivity contribution in [3.05, 3.63) is 10.8 Å². The largest absolute Gasteiger partial charge is 0.255 e. The smallest absolute Gasteiger partial charge is 0.248 e. The van der Waals surface area contributed by atoms with E-state index in [0.29, 0.717) is 12.2 Å². The van der Waals surface area contributed by atoms with E-state index >= 15 is 0 Å². The minimum atomic E-state index is -3.55. The minimum absolute atomic E-state index is 0.0782. The summed E-state index contributed by atoms with van der Waals surface area (Å²) in [5.74, 6) is 0. The maximum Gasteiger partial charge on any atom is 0.248 e. The van der Waals surface area contributed by atoms with Gasteiger partial charge in [-0.15, -0.1) is 0 Å². The number of rotatable bonds is 3. The molecule has 0 saturated carbocycles. The molecule has 0 radical (unpaired) electrons. The molecule has 0 aliphatic carbocycles. The van der Waals surface area contributed by atoms with Crippen LogP contribution in [0.15, 0.2) is 4.90 Å². The van der Waals surface area contributed by atoms with Crippen molar-refractivity contribution in [1.82, 2.24) is 14.1 Å². The molecule has 2 rings (SSSR count). The molecular weight excluding hydrogens is 286 g/mol. The number of piperidine rings is 1. The molecule has 19 heavy (non-hydrogen) atoms. The molecule has 1 aromatic rings. The van der Waals surface area contributed by atoms with E-state index in [4.69, 9.17) is 11.6 Å². The fourth-order valence-corrected chi connectivity index (χ4v) is 5.20. The predicted octanol–water partition coefficient (Wildman–Crippen LogP) is 2.34. The molecule has 7 heteroatoms. The third-order valence-corrected chi connectivity index (χ3v) is 6.36. The predicted molar refractivity (Wildman–Crippen MR) is 74.8 cm³/mol. The highest BCUT2D eigenvalue weighted by Gasteiger charge is 2.36. The SMILES string of the molecule is CCC1CCCCN1S(=O)(=O)c1c(C)nn(C)c1Cl. The lowest BCUT2D eigenvalue weighted by molar-refractivity contribution is 0.246. The monoisotopic (exact) mass is 305 g/mol. The van der Waals surface area contributed by atoms with Gasteiger partial charge < -0.3 is 0 Å². The van der Waals surface area contributed by atoms with Gasteiger partial charge in [0.15, 0.2) is 0 Å². The van der Waals surface area contributed by atoms with Gasteiger partial charge in [0.25, 0.3) is 0 Å². The van der Waals surface area contributed by atoms with Crippen LogP contribution in [0.4, 0.5) is 0 Å². The number of aromatic nitrogens is 2. The van der Waals surface area contributed by atoms with Gasteiger partial charge in [-0.1, -0.05) is 24.9 Å². The number of halogens is 1. The van der Waals surface area contributed by atoms with E-state index in [-0.39, 0.29) is 16.1 Å². The quantitative estimate of drug-likeness (QED) is 0.861. The van der Waals surface area contributed by atoms with E-state index in [9.17, 15) is 8.42 Å². The van der Waals surface area contributed by atoms with Crippen molar-refractivity contribution in [1.29, 1.82) is 0 Å². The molecule has 0 spiro atoms. The Morgan fingerprint density at radius 3 is 2.63 bits per heavy atom. The van der Waals surface area contributed by atoms with E-state index in [1.54, 1.807) is 18.3 Å². The molecule has 108 valence electrons. The van der Waals surface area contributed by atoms with Gasteiger partial charge in [0.1, 0.15) is 10.0 Å². The first-order chi connectivity index (χ1) is 8.89. The topological polar surface area (TPSA) is 55.2 Å². The van der Waals surface area contributed by atoms with Crippen LogP contribution in [0.3, 0.4) is 0 Å². The normalized spacial score (nSPS) is 21.8. The van der Waals surface area contributed by atoms with Crippen molar-refractivity contribution >= 4 is 21.6 Å². The summed E-state index contributed by atoms with van der Waals surface area (Å²) in [5.41, 5.74) is 0.466. The van der Waals surface area contributed by atoms with E-state index in [1.807, 2.05) is 6.92 Å². The lowest BCUT2D eigenvalue weighted by atomic mass is 10.0. The molecule has 1 fully saturated rings. The van der Waals surface area contributed by atoms with Crippen molar-refractivity contribution in [2.24, 2.45) is 7.05 Å². The van der Waals surface area contributed by atoms with Crippen LogP contribution in [0.2, 0.25) is 5.15 Å². The van der Waals surface area contributed by atoms with E-state index < -0.39 is 10.0 Å². The first-order valence-corrected chi connectivity index (χ1v) is 8.42. The van der Waals surface area contributed by atoms with Gasteiger partial charge in [-0.3, -0.25) is 4.68 Å². The van der Waals surface area contributed by atoms with Crippen LogP contribution in [0, 0.1) is 6.92 Å². The van der Waals surface area contributed by atoms with Crippen molar-refractivity contribution in [2.45, 2.75) is 50.5 Å². The van der Waals surface area contributed by atoms with Crippen LogP contribution >= 0.6 is 11.6 Å². The molecule has 0 bridgehead atoms. The van der Waals surface area contributed by atoms with Gasteiger partial charge in [-0.25, -0.2) is 8.42 Å². The Bertz CT molecular complexity index is 568. The summed E-state index contributed by atoms with van der Waals surface area (Å²) in [6.07, 6.45) is 3.75. The second-order valence-electron chi connectivity index (χ2n) is 5.00. The first kappa shape index (κ1) is 14.8. The van der Waals surface area contributed by atoms with Gasteiger partial charge >= 0.3 is 0 Å². The zero-order valence-electron chi connectivity index (χ0n) is 11.6. The molecule has 0 amide bonds. The Labute approximate surface area is 119 Å². The zero-order chi connectivity index (χ0) is 14.2. The average molecular weight is 306 g/mol. The number of aryl methyl sites for hydroxylation is 2. The van der Waals surface area contributed by atoms with Crippen molar-refractivity contribution < 1.29 is 8.42 Å². The summed E-state index contributed by atoms with van der Waals surface area (Å²) in [7, 11) is -1.89. The molecule has 2 heterocycles. The number of nitrogens with zero attached hydrogens (tertiary/aromatic N) is 3. The van der Waals surface area contributed by atoms with Crippen LogP contribution in [0.5, 0.6) is 0 Å². The molecular formula is C12H20ClN3O2S. The van der Waals surface area contributed by atoms with Crippen LogP contribution in [-0.2, 0) is 17.1 Å². The number of hydrogen-bond donors (Lipinski definition) is 0.